The lowest BCUT2D eigenvalue weighted by Gasteiger charge is -2.23. The zero-order valence-electron chi connectivity index (χ0n) is 15.5. The van der Waals surface area contributed by atoms with E-state index in [9.17, 15) is 0 Å². The molecular formula is C21H37ClN-. The van der Waals surface area contributed by atoms with Gasteiger partial charge in [-0.25, -0.2) is 0 Å². The van der Waals surface area contributed by atoms with Crippen molar-refractivity contribution in [3.63, 3.8) is 0 Å². The summed E-state index contributed by atoms with van der Waals surface area (Å²) in [7, 11) is 0. The molecule has 0 aliphatic carbocycles. The lowest BCUT2D eigenvalue weighted by atomic mass is 9.89. The molecule has 0 unspecified atom stereocenters. The standard InChI is InChI=1S/C21H37N.ClH/c1-4-5-6-7-8-9-10-11-12-13-16-19-17-14-15-18-20(19)21(2,3)22;/h14-15,17-18H,4-13,16,22H2,1-3H3;1H/p-1. The highest BCUT2D eigenvalue weighted by Gasteiger charge is 2.17. The Morgan fingerprint density at radius 2 is 1.26 bits per heavy atom. The molecule has 0 atom stereocenters. The van der Waals surface area contributed by atoms with E-state index in [1.54, 1.807) is 0 Å². The van der Waals surface area contributed by atoms with Crippen LogP contribution in [0.15, 0.2) is 24.3 Å². The highest BCUT2D eigenvalue weighted by atomic mass is 35.5. The maximum Gasteiger partial charge on any atom is 0.0355 e. The Hall–Kier alpha value is -0.530. The maximum absolute atomic E-state index is 6.28. The number of benzene rings is 1. The monoisotopic (exact) mass is 338 g/mol. The fraction of sp³-hybridized carbons (Fsp3) is 0.714. The van der Waals surface area contributed by atoms with Gasteiger partial charge < -0.3 is 18.1 Å². The predicted molar refractivity (Wildman–Crippen MR) is 99.2 cm³/mol. The third kappa shape index (κ3) is 10.0. The van der Waals surface area contributed by atoms with Crippen molar-refractivity contribution in [2.24, 2.45) is 5.73 Å². The molecule has 0 saturated heterocycles. The van der Waals surface area contributed by atoms with Crippen molar-refractivity contribution in [2.75, 3.05) is 0 Å². The summed E-state index contributed by atoms with van der Waals surface area (Å²) in [5, 5.41) is 0. The SMILES string of the molecule is CCCCCCCCCCCCc1ccccc1C(C)(C)N.[Cl-]. The van der Waals surface area contributed by atoms with Gasteiger partial charge in [-0.3, -0.25) is 0 Å². The van der Waals surface area contributed by atoms with E-state index in [1.807, 2.05) is 0 Å². The fourth-order valence-electron chi connectivity index (χ4n) is 3.17. The zero-order chi connectivity index (χ0) is 16.3. The van der Waals surface area contributed by atoms with Crippen LogP contribution in [-0.4, -0.2) is 0 Å². The Labute approximate surface area is 150 Å². The van der Waals surface area contributed by atoms with Gasteiger partial charge in [0.1, 0.15) is 0 Å². The molecule has 0 aliphatic rings. The second kappa shape index (κ2) is 12.8. The van der Waals surface area contributed by atoms with Gasteiger partial charge in [0.05, 0.1) is 0 Å². The molecule has 134 valence electrons. The second-order valence-electron chi connectivity index (χ2n) is 7.31. The molecule has 1 aromatic rings. The molecule has 0 radical (unpaired) electrons. The summed E-state index contributed by atoms with van der Waals surface area (Å²) < 4.78 is 0. The van der Waals surface area contributed by atoms with E-state index in [0.717, 1.165) is 0 Å². The van der Waals surface area contributed by atoms with Gasteiger partial charge in [-0.2, -0.15) is 0 Å². The van der Waals surface area contributed by atoms with Crippen molar-refractivity contribution in [2.45, 2.75) is 96.9 Å². The van der Waals surface area contributed by atoms with Crippen LogP contribution in [0.1, 0.15) is 96.1 Å². The van der Waals surface area contributed by atoms with Crippen LogP contribution in [0.2, 0.25) is 0 Å². The van der Waals surface area contributed by atoms with Crippen LogP contribution in [0.25, 0.3) is 0 Å². The van der Waals surface area contributed by atoms with E-state index in [2.05, 4.69) is 45.0 Å². The number of aryl methyl sites for hydroxylation is 1. The largest absolute Gasteiger partial charge is 1.00 e. The summed E-state index contributed by atoms with van der Waals surface area (Å²) in [6.07, 6.45) is 15.1. The van der Waals surface area contributed by atoms with Crippen molar-refractivity contribution in [3.8, 4) is 0 Å². The van der Waals surface area contributed by atoms with Gasteiger partial charge in [0.2, 0.25) is 0 Å². The molecular weight excluding hydrogens is 302 g/mol. The molecule has 0 fully saturated rings. The van der Waals surface area contributed by atoms with E-state index in [0.29, 0.717) is 0 Å². The smallest absolute Gasteiger partial charge is 0.0355 e. The third-order valence-electron chi connectivity index (χ3n) is 4.51. The van der Waals surface area contributed by atoms with Crippen LogP contribution in [-0.2, 0) is 12.0 Å². The van der Waals surface area contributed by atoms with E-state index in [1.165, 1.54) is 81.8 Å². The van der Waals surface area contributed by atoms with Crippen LogP contribution in [0.5, 0.6) is 0 Å². The summed E-state index contributed by atoms with van der Waals surface area (Å²) >= 11 is 0. The lowest BCUT2D eigenvalue weighted by molar-refractivity contribution is -0.00000534. The topological polar surface area (TPSA) is 26.0 Å². The van der Waals surface area contributed by atoms with Crippen LogP contribution < -0.4 is 18.1 Å². The van der Waals surface area contributed by atoms with Crippen LogP contribution >= 0.6 is 0 Å². The molecule has 0 saturated carbocycles. The highest BCUT2D eigenvalue weighted by molar-refractivity contribution is 5.32. The normalized spacial score (nSPS) is 11.3. The Bertz CT molecular complexity index is 395. The first-order valence-corrected chi connectivity index (χ1v) is 9.43. The van der Waals surface area contributed by atoms with Crippen molar-refractivity contribution < 1.29 is 12.4 Å². The molecule has 0 amide bonds. The highest BCUT2D eigenvalue weighted by Crippen LogP contribution is 2.23. The number of hydrogen-bond donors (Lipinski definition) is 1. The van der Waals surface area contributed by atoms with Gasteiger partial charge in [-0.15, -0.1) is 0 Å². The summed E-state index contributed by atoms with van der Waals surface area (Å²) in [4.78, 5) is 0. The van der Waals surface area contributed by atoms with Crippen molar-refractivity contribution in [3.05, 3.63) is 35.4 Å². The summed E-state index contributed by atoms with van der Waals surface area (Å²) in [6.45, 7) is 6.48. The Morgan fingerprint density at radius 1 is 0.783 bits per heavy atom. The average molecular weight is 339 g/mol. The molecule has 1 rings (SSSR count). The Balaban J connectivity index is 0.00000484. The van der Waals surface area contributed by atoms with Gasteiger partial charge in [0.25, 0.3) is 0 Å². The van der Waals surface area contributed by atoms with Gasteiger partial charge in [-0.1, -0.05) is 89.0 Å². The lowest BCUT2D eigenvalue weighted by Crippen LogP contribution is -3.00. The minimum Gasteiger partial charge on any atom is -1.00 e. The molecule has 2 heteroatoms. The minimum atomic E-state index is -0.227. The molecule has 2 N–H and O–H groups in total. The van der Waals surface area contributed by atoms with Gasteiger partial charge in [0, 0.05) is 5.54 Å². The number of nitrogens with two attached hydrogens (primary N) is 1. The fourth-order valence-corrected chi connectivity index (χ4v) is 3.17. The Morgan fingerprint density at radius 3 is 1.78 bits per heavy atom. The molecule has 1 aromatic carbocycles. The van der Waals surface area contributed by atoms with E-state index in [4.69, 9.17) is 5.73 Å². The molecule has 0 aromatic heterocycles. The first-order chi connectivity index (χ1) is 10.6. The molecule has 0 bridgehead atoms. The summed E-state index contributed by atoms with van der Waals surface area (Å²) in [5.74, 6) is 0. The van der Waals surface area contributed by atoms with Gasteiger partial charge >= 0.3 is 0 Å². The van der Waals surface area contributed by atoms with Gasteiger partial charge in [0.15, 0.2) is 0 Å². The molecule has 0 heterocycles. The summed E-state index contributed by atoms with van der Waals surface area (Å²) in [5.41, 5.74) is 8.80. The maximum atomic E-state index is 6.28. The van der Waals surface area contributed by atoms with Crippen molar-refractivity contribution in [1.29, 1.82) is 0 Å². The quantitative estimate of drug-likeness (QED) is 0.581. The number of rotatable bonds is 12. The second-order valence-corrected chi connectivity index (χ2v) is 7.31. The molecule has 0 spiro atoms. The van der Waals surface area contributed by atoms with Crippen LogP contribution in [0, 0.1) is 0 Å². The van der Waals surface area contributed by atoms with E-state index < -0.39 is 0 Å². The van der Waals surface area contributed by atoms with E-state index in [-0.39, 0.29) is 17.9 Å². The molecule has 0 aliphatic heterocycles. The average Bonchev–Trinajstić information content (AvgIpc) is 2.48. The van der Waals surface area contributed by atoms with E-state index >= 15 is 0 Å². The predicted octanol–water partition coefficient (Wildman–Crippen LogP) is 3.35. The number of halogens is 1. The summed E-state index contributed by atoms with van der Waals surface area (Å²) in [6, 6.07) is 8.68. The van der Waals surface area contributed by atoms with Crippen molar-refractivity contribution >= 4 is 0 Å². The number of unbranched alkanes of at least 4 members (excludes halogenated alkanes) is 9. The Kier molecular flexibility index (Phi) is 12.5. The first-order valence-electron chi connectivity index (χ1n) is 9.43. The molecule has 1 nitrogen and oxygen atoms in total. The van der Waals surface area contributed by atoms with Crippen LogP contribution in [0.3, 0.4) is 0 Å². The number of hydrogen-bond acceptors (Lipinski definition) is 1. The minimum absolute atomic E-state index is 0. The molecule has 23 heavy (non-hydrogen) atoms. The first kappa shape index (κ1) is 22.5. The van der Waals surface area contributed by atoms with Crippen molar-refractivity contribution in [1.82, 2.24) is 0 Å². The third-order valence-corrected chi connectivity index (χ3v) is 4.51. The zero-order valence-corrected chi connectivity index (χ0v) is 16.3. The van der Waals surface area contributed by atoms with Crippen LogP contribution in [0.4, 0.5) is 0 Å². The van der Waals surface area contributed by atoms with Gasteiger partial charge in [-0.05, 0) is 37.8 Å².